The number of anilines is 1. The minimum absolute atomic E-state index is 0.0218. The summed E-state index contributed by atoms with van der Waals surface area (Å²) in [6, 6.07) is 16.3. The van der Waals surface area contributed by atoms with Gasteiger partial charge in [0.25, 0.3) is 17.4 Å². The first-order valence-corrected chi connectivity index (χ1v) is 9.66. The first-order chi connectivity index (χ1) is 15.3. The van der Waals surface area contributed by atoms with Crippen LogP contribution in [-0.4, -0.2) is 21.7 Å². The van der Waals surface area contributed by atoms with E-state index in [-0.39, 0.29) is 16.8 Å². The Labute approximate surface area is 182 Å². The van der Waals surface area contributed by atoms with Crippen LogP contribution in [0.4, 0.5) is 15.8 Å². The number of carbonyl (C=O) groups is 2. The standard InChI is InChI=1S/C24H17FN2O5/c1-14-4-2-6-18(12-14)26-21(15-8-10-17(25)11-9-15)20(23(29)24(26)30)22(28)16-5-3-7-19(13-16)27(31)32/h2-13,21,28H,1H3/b22-20-. The van der Waals surface area contributed by atoms with Crippen LogP contribution in [-0.2, 0) is 9.59 Å². The van der Waals surface area contributed by atoms with Crippen LogP contribution in [0.3, 0.4) is 0 Å². The molecule has 1 aliphatic rings. The third-order valence-corrected chi connectivity index (χ3v) is 5.24. The van der Waals surface area contributed by atoms with E-state index in [4.69, 9.17) is 0 Å². The number of benzene rings is 3. The molecule has 0 spiro atoms. The predicted molar refractivity (Wildman–Crippen MR) is 115 cm³/mol. The van der Waals surface area contributed by atoms with E-state index in [1.165, 1.54) is 47.4 Å². The molecule has 1 atom stereocenters. The first-order valence-electron chi connectivity index (χ1n) is 9.66. The van der Waals surface area contributed by atoms with E-state index >= 15 is 0 Å². The molecule has 1 N–H and O–H groups in total. The van der Waals surface area contributed by atoms with Crippen molar-refractivity contribution in [2.45, 2.75) is 13.0 Å². The highest BCUT2D eigenvalue weighted by Crippen LogP contribution is 2.42. The Hall–Kier alpha value is -4.33. The van der Waals surface area contributed by atoms with E-state index in [2.05, 4.69) is 0 Å². The van der Waals surface area contributed by atoms with Crippen LogP contribution in [0.5, 0.6) is 0 Å². The molecule has 1 unspecified atom stereocenters. The zero-order chi connectivity index (χ0) is 23.0. The van der Waals surface area contributed by atoms with E-state index in [9.17, 15) is 29.2 Å². The molecule has 3 aromatic rings. The molecule has 1 aliphatic heterocycles. The number of nitro groups is 1. The van der Waals surface area contributed by atoms with Crippen LogP contribution in [0.15, 0.2) is 78.4 Å². The number of ketones is 1. The van der Waals surface area contributed by atoms with Gasteiger partial charge < -0.3 is 5.11 Å². The quantitative estimate of drug-likeness (QED) is 0.212. The van der Waals surface area contributed by atoms with Gasteiger partial charge in [0.2, 0.25) is 0 Å². The van der Waals surface area contributed by atoms with Gasteiger partial charge in [0.05, 0.1) is 16.5 Å². The fourth-order valence-corrected chi connectivity index (χ4v) is 3.76. The Morgan fingerprint density at radius 3 is 2.38 bits per heavy atom. The Balaban J connectivity index is 1.95. The summed E-state index contributed by atoms with van der Waals surface area (Å²) >= 11 is 0. The van der Waals surface area contributed by atoms with Crippen molar-refractivity contribution in [3.63, 3.8) is 0 Å². The van der Waals surface area contributed by atoms with Crippen LogP contribution in [0.1, 0.15) is 22.7 Å². The molecule has 32 heavy (non-hydrogen) atoms. The number of halogens is 1. The van der Waals surface area contributed by atoms with Gasteiger partial charge in [-0.25, -0.2) is 4.39 Å². The molecule has 1 heterocycles. The molecule has 1 fully saturated rings. The zero-order valence-corrected chi connectivity index (χ0v) is 16.9. The number of non-ortho nitro benzene ring substituents is 1. The van der Waals surface area contributed by atoms with E-state index in [1.54, 1.807) is 18.2 Å². The number of nitro benzene ring substituents is 1. The van der Waals surface area contributed by atoms with E-state index in [0.29, 0.717) is 11.3 Å². The fourth-order valence-electron chi connectivity index (χ4n) is 3.76. The minimum Gasteiger partial charge on any atom is -0.507 e. The molecule has 7 nitrogen and oxygen atoms in total. The maximum Gasteiger partial charge on any atom is 0.300 e. The van der Waals surface area contributed by atoms with Gasteiger partial charge in [-0.3, -0.25) is 24.6 Å². The average Bonchev–Trinajstić information content (AvgIpc) is 3.04. The second kappa shape index (κ2) is 8.07. The lowest BCUT2D eigenvalue weighted by Gasteiger charge is -2.25. The van der Waals surface area contributed by atoms with Gasteiger partial charge in [-0.15, -0.1) is 0 Å². The maximum atomic E-state index is 13.6. The molecule has 4 rings (SSSR count). The highest BCUT2D eigenvalue weighted by molar-refractivity contribution is 6.51. The molecule has 0 radical (unpaired) electrons. The molecule has 0 aromatic heterocycles. The number of aliphatic hydroxyl groups is 1. The number of aliphatic hydroxyl groups excluding tert-OH is 1. The molecule has 8 heteroatoms. The number of rotatable bonds is 4. The Morgan fingerprint density at radius 2 is 1.72 bits per heavy atom. The number of hydrogen-bond donors (Lipinski definition) is 1. The lowest BCUT2D eigenvalue weighted by atomic mass is 9.95. The summed E-state index contributed by atoms with van der Waals surface area (Å²) in [7, 11) is 0. The Kier molecular flexibility index (Phi) is 5.28. The highest BCUT2D eigenvalue weighted by Gasteiger charge is 2.47. The highest BCUT2D eigenvalue weighted by atomic mass is 19.1. The van der Waals surface area contributed by atoms with Crippen LogP contribution in [0.2, 0.25) is 0 Å². The van der Waals surface area contributed by atoms with Crippen LogP contribution >= 0.6 is 0 Å². The van der Waals surface area contributed by atoms with Gasteiger partial charge in [-0.2, -0.15) is 0 Å². The first kappa shape index (κ1) is 20.9. The van der Waals surface area contributed by atoms with Gasteiger partial charge in [0.1, 0.15) is 11.6 Å². The van der Waals surface area contributed by atoms with Crippen molar-refractivity contribution in [1.82, 2.24) is 0 Å². The summed E-state index contributed by atoms with van der Waals surface area (Å²) in [5, 5.41) is 22.1. The van der Waals surface area contributed by atoms with Crippen molar-refractivity contribution in [3.8, 4) is 0 Å². The minimum atomic E-state index is -1.04. The van der Waals surface area contributed by atoms with Gasteiger partial charge in [-0.05, 0) is 42.3 Å². The third kappa shape index (κ3) is 3.62. The van der Waals surface area contributed by atoms with Crippen molar-refractivity contribution < 1.29 is 24.0 Å². The molecule has 0 bridgehead atoms. The van der Waals surface area contributed by atoms with Crippen molar-refractivity contribution in [2.24, 2.45) is 0 Å². The smallest absolute Gasteiger partial charge is 0.300 e. The summed E-state index contributed by atoms with van der Waals surface area (Å²) in [6.45, 7) is 1.83. The molecule has 1 saturated heterocycles. The molecular formula is C24H17FN2O5. The van der Waals surface area contributed by atoms with Crippen LogP contribution in [0, 0.1) is 22.9 Å². The summed E-state index contributed by atoms with van der Waals surface area (Å²) in [6.07, 6.45) is 0. The topological polar surface area (TPSA) is 101 Å². The monoisotopic (exact) mass is 432 g/mol. The summed E-state index contributed by atoms with van der Waals surface area (Å²) in [5.41, 5.74) is 1.19. The van der Waals surface area contributed by atoms with E-state index in [1.807, 2.05) is 13.0 Å². The van der Waals surface area contributed by atoms with E-state index < -0.39 is 34.2 Å². The van der Waals surface area contributed by atoms with Gasteiger partial charge in [-0.1, -0.05) is 36.4 Å². The Morgan fingerprint density at radius 1 is 1.03 bits per heavy atom. The second-order valence-corrected chi connectivity index (χ2v) is 7.37. The van der Waals surface area contributed by atoms with Crippen molar-refractivity contribution >= 4 is 28.8 Å². The lowest BCUT2D eigenvalue weighted by Crippen LogP contribution is -2.29. The number of hydrogen-bond acceptors (Lipinski definition) is 5. The lowest BCUT2D eigenvalue weighted by molar-refractivity contribution is -0.384. The van der Waals surface area contributed by atoms with Crippen LogP contribution < -0.4 is 4.90 Å². The Bertz CT molecular complexity index is 1280. The van der Waals surface area contributed by atoms with Crippen molar-refractivity contribution in [3.05, 3.63) is 111 Å². The van der Waals surface area contributed by atoms with Gasteiger partial charge >= 0.3 is 0 Å². The molecule has 1 amide bonds. The number of carbonyl (C=O) groups excluding carboxylic acids is 2. The average molecular weight is 432 g/mol. The molecular weight excluding hydrogens is 415 g/mol. The second-order valence-electron chi connectivity index (χ2n) is 7.37. The van der Waals surface area contributed by atoms with Crippen molar-refractivity contribution in [1.29, 1.82) is 0 Å². The number of nitrogens with zero attached hydrogens (tertiary/aromatic N) is 2. The fraction of sp³-hybridized carbons (Fsp3) is 0.0833. The molecule has 3 aromatic carbocycles. The molecule has 0 aliphatic carbocycles. The number of aryl methyl sites for hydroxylation is 1. The summed E-state index contributed by atoms with van der Waals surface area (Å²) in [5.74, 6) is -2.85. The SMILES string of the molecule is Cc1cccc(N2C(=O)C(=O)/C(=C(\O)c3cccc([N+](=O)[O-])c3)C2c2ccc(F)cc2)c1. The van der Waals surface area contributed by atoms with Crippen LogP contribution in [0.25, 0.3) is 5.76 Å². The third-order valence-electron chi connectivity index (χ3n) is 5.24. The number of amides is 1. The normalized spacial score (nSPS) is 17.6. The van der Waals surface area contributed by atoms with Gasteiger partial charge in [0.15, 0.2) is 0 Å². The molecule has 0 saturated carbocycles. The zero-order valence-electron chi connectivity index (χ0n) is 16.9. The predicted octanol–water partition coefficient (Wildman–Crippen LogP) is 4.67. The summed E-state index contributed by atoms with van der Waals surface area (Å²) in [4.78, 5) is 37.8. The van der Waals surface area contributed by atoms with E-state index in [0.717, 1.165) is 11.6 Å². The summed E-state index contributed by atoms with van der Waals surface area (Å²) < 4.78 is 13.6. The largest absolute Gasteiger partial charge is 0.507 e. The molecule has 160 valence electrons. The van der Waals surface area contributed by atoms with Crippen molar-refractivity contribution in [2.75, 3.05) is 4.90 Å². The maximum absolute atomic E-state index is 13.6. The number of Topliss-reactive ketones (excluding diaryl/α,β-unsaturated/α-hetero) is 1. The van der Waals surface area contributed by atoms with Gasteiger partial charge in [0, 0.05) is 23.4 Å².